The van der Waals surface area contributed by atoms with E-state index in [1.165, 1.54) is 37.4 Å². The second-order valence-electron chi connectivity index (χ2n) is 7.13. The molecule has 158 valence electrons. The van der Waals surface area contributed by atoms with E-state index in [-0.39, 0.29) is 11.3 Å². The smallest absolute Gasteiger partial charge is 0.325 e. The number of hydrogen-bond acceptors (Lipinski definition) is 5. The number of rotatable bonds is 5. The van der Waals surface area contributed by atoms with Gasteiger partial charge in [-0.3, -0.25) is 4.79 Å². The topological polar surface area (TPSA) is 98.9 Å². The van der Waals surface area contributed by atoms with E-state index in [0.29, 0.717) is 22.2 Å². The van der Waals surface area contributed by atoms with Crippen molar-refractivity contribution in [3.63, 3.8) is 0 Å². The number of fused-ring (bicyclic) bond motifs is 1. The van der Waals surface area contributed by atoms with Crippen molar-refractivity contribution in [1.29, 1.82) is 5.26 Å². The third-order valence-electron chi connectivity index (χ3n) is 5.01. The molecule has 0 spiro atoms. The molecular formula is C24H16F2N4O2. The number of nitrogens with zero attached hydrogens (tertiary/aromatic N) is 3. The zero-order valence-electron chi connectivity index (χ0n) is 16.8. The van der Waals surface area contributed by atoms with Gasteiger partial charge in [0.25, 0.3) is 0 Å². The Balaban J connectivity index is 1.87. The molecule has 4 aromatic rings. The highest BCUT2D eigenvalue weighted by atomic mass is 19.1. The summed E-state index contributed by atoms with van der Waals surface area (Å²) in [5, 5.41) is 22.3. The normalized spacial score (nSPS) is 11.7. The summed E-state index contributed by atoms with van der Waals surface area (Å²) in [7, 11) is 0. The van der Waals surface area contributed by atoms with Crippen LogP contribution in [-0.4, -0.2) is 27.1 Å². The van der Waals surface area contributed by atoms with Crippen LogP contribution >= 0.6 is 0 Å². The predicted octanol–water partition coefficient (Wildman–Crippen LogP) is 5.00. The van der Waals surface area contributed by atoms with Crippen molar-refractivity contribution in [2.24, 2.45) is 0 Å². The van der Waals surface area contributed by atoms with Crippen molar-refractivity contribution in [1.82, 2.24) is 9.97 Å². The van der Waals surface area contributed by atoms with Gasteiger partial charge in [0.05, 0.1) is 16.9 Å². The van der Waals surface area contributed by atoms with E-state index < -0.39 is 23.8 Å². The van der Waals surface area contributed by atoms with Crippen LogP contribution in [0.5, 0.6) is 0 Å². The van der Waals surface area contributed by atoms with Crippen LogP contribution in [0.3, 0.4) is 0 Å². The third-order valence-corrected chi connectivity index (χ3v) is 5.01. The van der Waals surface area contributed by atoms with Crippen molar-refractivity contribution < 1.29 is 18.7 Å². The van der Waals surface area contributed by atoms with E-state index in [4.69, 9.17) is 0 Å². The largest absolute Gasteiger partial charge is 0.480 e. The molecule has 32 heavy (non-hydrogen) atoms. The van der Waals surface area contributed by atoms with E-state index >= 15 is 0 Å². The molecule has 2 N–H and O–H groups in total. The number of nitrogens with one attached hydrogen (secondary N) is 1. The maximum Gasteiger partial charge on any atom is 0.325 e. The van der Waals surface area contributed by atoms with Crippen molar-refractivity contribution in [3.05, 3.63) is 78.1 Å². The summed E-state index contributed by atoms with van der Waals surface area (Å²) < 4.78 is 27.0. The Morgan fingerprint density at radius 1 is 1.06 bits per heavy atom. The summed E-state index contributed by atoms with van der Waals surface area (Å²) in [6.45, 7) is 1.43. The van der Waals surface area contributed by atoms with Gasteiger partial charge in [-0.05, 0) is 42.8 Å². The van der Waals surface area contributed by atoms with Crippen LogP contribution in [0.4, 0.5) is 14.5 Å². The number of pyridine rings is 2. The standard InChI is InChI=1S/C24H16F2N4O2/c1-13(24(31)32)29-23-18-10-17(25)7-8-20(18)30-22(19(23)11-27)15-4-2-14(3-5-15)16-6-9-21(26)28-12-16/h2-10,12-13H,1H3,(H,29,30)(H,31,32)/t13-/m1/s1. The number of carbonyl (C=O) groups is 1. The second kappa shape index (κ2) is 8.40. The van der Waals surface area contributed by atoms with Crippen molar-refractivity contribution in [2.75, 3.05) is 5.32 Å². The highest BCUT2D eigenvalue weighted by Crippen LogP contribution is 2.35. The minimum atomic E-state index is -1.12. The lowest BCUT2D eigenvalue weighted by Crippen LogP contribution is -2.26. The predicted molar refractivity (Wildman–Crippen MR) is 116 cm³/mol. The number of halogens is 2. The molecule has 2 heterocycles. The molecule has 4 rings (SSSR count). The first-order chi connectivity index (χ1) is 15.4. The SMILES string of the molecule is C[C@@H](Nc1c(C#N)c(-c2ccc(-c3ccc(F)nc3)cc2)nc2ccc(F)cc12)C(=O)O. The van der Waals surface area contributed by atoms with Gasteiger partial charge < -0.3 is 10.4 Å². The molecule has 0 aliphatic heterocycles. The van der Waals surface area contributed by atoms with Crippen LogP contribution in [0, 0.1) is 23.1 Å². The van der Waals surface area contributed by atoms with E-state index in [1.54, 1.807) is 30.3 Å². The molecule has 0 aliphatic rings. The van der Waals surface area contributed by atoms with E-state index in [0.717, 1.165) is 11.1 Å². The van der Waals surface area contributed by atoms with Crippen molar-refractivity contribution >= 4 is 22.6 Å². The molecule has 0 radical (unpaired) electrons. The lowest BCUT2D eigenvalue weighted by molar-refractivity contribution is -0.137. The summed E-state index contributed by atoms with van der Waals surface area (Å²) in [6.07, 6.45) is 1.42. The first kappa shape index (κ1) is 20.9. The average molecular weight is 430 g/mol. The van der Waals surface area contributed by atoms with Gasteiger partial charge in [-0.25, -0.2) is 14.4 Å². The summed E-state index contributed by atoms with van der Waals surface area (Å²) in [6, 6.07) is 15.0. The number of benzene rings is 2. The fourth-order valence-electron chi connectivity index (χ4n) is 3.35. The van der Waals surface area contributed by atoms with Crippen molar-refractivity contribution in [2.45, 2.75) is 13.0 Å². The Kier molecular flexibility index (Phi) is 5.48. The Morgan fingerprint density at radius 2 is 1.75 bits per heavy atom. The lowest BCUT2D eigenvalue weighted by atomic mass is 9.98. The van der Waals surface area contributed by atoms with Gasteiger partial charge in [0.15, 0.2) is 0 Å². The fourth-order valence-corrected chi connectivity index (χ4v) is 3.35. The number of nitriles is 1. The lowest BCUT2D eigenvalue weighted by Gasteiger charge is -2.17. The van der Waals surface area contributed by atoms with Crippen molar-refractivity contribution in [3.8, 4) is 28.5 Å². The zero-order chi connectivity index (χ0) is 22.8. The first-order valence-electron chi connectivity index (χ1n) is 9.62. The van der Waals surface area contributed by atoms with Crippen LogP contribution in [-0.2, 0) is 4.79 Å². The molecule has 2 aromatic heterocycles. The van der Waals surface area contributed by atoms with E-state index in [1.807, 2.05) is 0 Å². The molecule has 0 unspecified atom stereocenters. The quantitative estimate of drug-likeness (QED) is 0.433. The van der Waals surface area contributed by atoms with Gasteiger partial charge in [0.2, 0.25) is 5.95 Å². The van der Waals surface area contributed by atoms with Gasteiger partial charge in [-0.1, -0.05) is 24.3 Å². The molecule has 2 aromatic carbocycles. The molecule has 0 bridgehead atoms. The third kappa shape index (κ3) is 3.96. The van der Waals surface area contributed by atoms with Gasteiger partial charge in [0, 0.05) is 22.7 Å². The highest BCUT2D eigenvalue weighted by molar-refractivity contribution is 5.99. The van der Waals surface area contributed by atoms with Gasteiger partial charge in [-0.15, -0.1) is 0 Å². The van der Waals surface area contributed by atoms with Gasteiger partial charge in [0.1, 0.15) is 23.5 Å². The second-order valence-corrected chi connectivity index (χ2v) is 7.13. The number of carboxylic acids is 1. The van der Waals surface area contributed by atoms with Crippen LogP contribution in [0.2, 0.25) is 0 Å². The number of aromatic nitrogens is 2. The molecule has 1 atom stereocenters. The molecule has 0 fully saturated rings. The summed E-state index contributed by atoms with van der Waals surface area (Å²) in [4.78, 5) is 19.6. The minimum absolute atomic E-state index is 0.104. The molecule has 8 heteroatoms. The summed E-state index contributed by atoms with van der Waals surface area (Å²) in [5.41, 5.74) is 3.17. The van der Waals surface area contributed by atoms with Gasteiger partial charge >= 0.3 is 5.97 Å². The molecule has 0 saturated heterocycles. The van der Waals surface area contributed by atoms with Gasteiger partial charge in [-0.2, -0.15) is 9.65 Å². The maximum atomic E-state index is 13.9. The number of anilines is 1. The molecule has 0 amide bonds. The summed E-state index contributed by atoms with van der Waals surface area (Å²) >= 11 is 0. The molecule has 6 nitrogen and oxygen atoms in total. The Labute approximate surface area is 181 Å². The highest BCUT2D eigenvalue weighted by Gasteiger charge is 2.20. The van der Waals surface area contributed by atoms with E-state index in [9.17, 15) is 23.9 Å². The van der Waals surface area contributed by atoms with Crippen LogP contribution in [0.25, 0.3) is 33.3 Å². The fraction of sp³-hybridized carbons (Fsp3) is 0.0833. The number of hydrogen-bond donors (Lipinski definition) is 2. The summed E-state index contributed by atoms with van der Waals surface area (Å²) in [5.74, 6) is -2.22. The Hall–Kier alpha value is -4.38. The van der Waals surface area contributed by atoms with E-state index in [2.05, 4.69) is 21.4 Å². The van der Waals surface area contributed by atoms with Crippen LogP contribution < -0.4 is 5.32 Å². The molecule has 0 aliphatic carbocycles. The minimum Gasteiger partial charge on any atom is -0.480 e. The molecular weight excluding hydrogens is 414 g/mol. The average Bonchev–Trinajstić information content (AvgIpc) is 2.79. The van der Waals surface area contributed by atoms with Crippen LogP contribution in [0.1, 0.15) is 12.5 Å². The first-order valence-corrected chi connectivity index (χ1v) is 9.62. The Bertz CT molecular complexity index is 1360. The maximum absolute atomic E-state index is 13.9. The van der Waals surface area contributed by atoms with Crippen LogP contribution in [0.15, 0.2) is 60.8 Å². The number of carboxylic acid groups (broad SMARTS) is 1. The molecule has 0 saturated carbocycles. The number of aliphatic carboxylic acids is 1. The monoisotopic (exact) mass is 430 g/mol. The zero-order valence-corrected chi connectivity index (χ0v) is 16.8. The Morgan fingerprint density at radius 3 is 2.38 bits per heavy atom.